The number of benzene rings is 1. The number of ether oxygens (including phenoxy) is 1. The van der Waals surface area contributed by atoms with Gasteiger partial charge >= 0.3 is 5.97 Å². The molecule has 1 heterocycles. The van der Waals surface area contributed by atoms with Crippen LogP contribution in [0.5, 0.6) is 0 Å². The van der Waals surface area contributed by atoms with Gasteiger partial charge in [0.05, 0.1) is 4.79 Å². The fraction of sp³-hybridized carbons (Fsp3) is 0.0909. The number of hydrogen-bond donors (Lipinski definition) is 0. The molecule has 2 aromatic rings. The molecular weight excluding hydrogens is 253 g/mol. The maximum atomic E-state index is 10.9. The summed E-state index contributed by atoms with van der Waals surface area (Å²) in [7, 11) is 3.11. The second-order valence-electron chi connectivity index (χ2n) is 3.24. The number of para-hydroxylation sites is 1. The molecule has 0 aliphatic rings. The molecule has 0 N–H and O–H groups in total. The molecule has 0 aliphatic heterocycles. The molecular formula is C11H9BNO2S2. The summed E-state index contributed by atoms with van der Waals surface area (Å²) in [5.41, 5.74) is 1.04. The van der Waals surface area contributed by atoms with Gasteiger partial charge in [0.2, 0.25) is 0 Å². The van der Waals surface area contributed by atoms with E-state index in [4.69, 9.17) is 12.2 Å². The van der Waals surface area contributed by atoms with Gasteiger partial charge in [0, 0.05) is 16.3 Å². The molecule has 0 aliphatic carbocycles. The molecule has 0 saturated carbocycles. The molecule has 3 radical (unpaired) electrons. The molecule has 1 aromatic carbocycles. The zero-order chi connectivity index (χ0) is 12.3. The number of nitrogens with zero attached hydrogens (tertiary/aromatic N) is 1. The number of carbonyl (C=O) groups excluding carboxylic acids is 1. The van der Waals surface area contributed by atoms with Crippen molar-refractivity contribution in [1.82, 2.24) is 4.48 Å². The third-order valence-electron chi connectivity index (χ3n) is 2.19. The molecule has 1 aromatic heterocycles. The van der Waals surface area contributed by atoms with Crippen molar-refractivity contribution in [3.05, 3.63) is 40.3 Å². The van der Waals surface area contributed by atoms with Crippen LogP contribution >= 0.6 is 23.6 Å². The number of carbonyl (C=O) groups is 1. The highest BCUT2D eigenvalue weighted by molar-refractivity contribution is 7.73. The normalized spacial score (nSPS) is 11.1. The van der Waals surface area contributed by atoms with Gasteiger partial charge in [-0.1, -0.05) is 24.4 Å². The Kier molecular flexibility index (Phi) is 3.76. The van der Waals surface area contributed by atoms with Crippen LogP contribution in [-0.2, 0) is 9.53 Å². The fourth-order valence-corrected chi connectivity index (χ4v) is 2.69. The number of fused-ring (bicyclic) bond motifs is 1. The van der Waals surface area contributed by atoms with Crippen LogP contribution in [0.25, 0.3) is 10.2 Å². The van der Waals surface area contributed by atoms with Gasteiger partial charge in [-0.2, -0.15) is 7.41 Å². The first-order chi connectivity index (χ1) is 8.22. The van der Waals surface area contributed by atoms with Gasteiger partial charge in [0.1, 0.15) is 3.95 Å². The van der Waals surface area contributed by atoms with Crippen LogP contribution in [0.2, 0.25) is 0 Å². The van der Waals surface area contributed by atoms with Gasteiger partial charge in [-0.3, -0.25) is 5.98 Å². The Hall–Kier alpha value is -1.40. The van der Waals surface area contributed by atoms with Gasteiger partial charge in [0.25, 0.3) is 0 Å². The molecule has 3 nitrogen and oxygen atoms in total. The lowest BCUT2D eigenvalue weighted by Gasteiger charge is -2.14. The summed E-state index contributed by atoms with van der Waals surface area (Å²) in [5, 5.41) is 0. The Bertz CT molecular complexity index is 630. The average Bonchev–Trinajstić information content (AvgIpc) is 2.66. The fourth-order valence-electron chi connectivity index (χ4n) is 1.40. The number of methoxy groups -OCH3 is 1. The van der Waals surface area contributed by atoms with E-state index in [9.17, 15) is 4.79 Å². The topological polar surface area (TPSA) is 33.3 Å². The van der Waals surface area contributed by atoms with Crippen LogP contribution in [-0.4, -0.2) is 25.0 Å². The van der Waals surface area contributed by atoms with E-state index in [0.717, 1.165) is 14.2 Å². The first-order valence-electron chi connectivity index (χ1n) is 4.92. The van der Waals surface area contributed by atoms with Gasteiger partial charge in [-0.05, 0) is 12.1 Å². The minimum absolute atomic E-state index is 0.382. The quantitative estimate of drug-likeness (QED) is 0.280. The summed E-state index contributed by atoms with van der Waals surface area (Å²) in [6.45, 7) is 0. The summed E-state index contributed by atoms with van der Waals surface area (Å²) < 4.78 is 8.25. The zero-order valence-corrected chi connectivity index (χ0v) is 10.8. The lowest BCUT2D eigenvalue weighted by molar-refractivity contribution is -0.134. The van der Waals surface area contributed by atoms with E-state index in [2.05, 4.69) is 4.74 Å². The minimum Gasteiger partial charge on any atom is -0.562 e. The second-order valence-corrected chi connectivity index (χ2v) is 4.91. The van der Waals surface area contributed by atoms with E-state index in [-0.39, 0.29) is 5.97 Å². The monoisotopic (exact) mass is 262 g/mol. The molecule has 2 rings (SSSR count). The second kappa shape index (κ2) is 5.29. The summed E-state index contributed by atoms with van der Waals surface area (Å²) in [6, 6.07) is 7.94. The molecule has 0 fully saturated rings. The standard InChI is InChI=1S/C11H9BNO2S2/c1-15-10(14)6-7-12-13-8-4-2-3-5-9(8)17-11(13)16/h2-7H,1H3/b7-6+. The van der Waals surface area contributed by atoms with Crippen molar-refractivity contribution in [3.8, 4) is 0 Å². The van der Waals surface area contributed by atoms with Crippen LogP contribution in [0.15, 0.2) is 36.3 Å². The van der Waals surface area contributed by atoms with Gasteiger partial charge < -0.3 is 9.21 Å². The summed E-state index contributed by atoms with van der Waals surface area (Å²) in [5.74, 6) is 1.24. The average molecular weight is 262 g/mol. The predicted molar refractivity (Wildman–Crippen MR) is 73.0 cm³/mol. The van der Waals surface area contributed by atoms with Gasteiger partial charge in [-0.15, -0.1) is 11.3 Å². The molecule has 0 bridgehead atoms. The van der Waals surface area contributed by atoms with Crippen LogP contribution in [0, 0.1) is 3.95 Å². The van der Waals surface area contributed by atoms with Crippen molar-refractivity contribution < 1.29 is 9.53 Å². The lowest BCUT2D eigenvalue weighted by atomic mass is 9.93. The molecule has 17 heavy (non-hydrogen) atoms. The lowest BCUT2D eigenvalue weighted by Crippen LogP contribution is -2.04. The largest absolute Gasteiger partial charge is 0.595 e. The van der Waals surface area contributed by atoms with E-state index in [0.29, 0.717) is 0 Å². The Morgan fingerprint density at radius 3 is 3.06 bits per heavy atom. The van der Waals surface area contributed by atoms with E-state index in [1.165, 1.54) is 24.5 Å². The van der Waals surface area contributed by atoms with Crippen molar-refractivity contribution in [1.29, 1.82) is 0 Å². The van der Waals surface area contributed by atoms with E-state index < -0.39 is 0 Å². The number of hydrogen-bond acceptors (Lipinski definition) is 4. The van der Waals surface area contributed by atoms with Crippen molar-refractivity contribution in [2.24, 2.45) is 0 Å². The molecule has 0 spiro atoms. The van der Waals surface area contributed by atoms with Crippen LogP contribution < -0.4 is 0 Å². The SMILES string of the molecule is C[O+]C(=O)/C=C/[B-]n1c(=S)sc2ccccc21. The smallest absolute Gasteiger partial charge is 0.562 e. The molecule has 85 valence electrons. The number of esters is 1. The van der Waals surface area contributed by atoms with Crippen molar-refractivity contribution in [2.45, 2.75) is 0 Å². The van der Waals surface area contributed by atoms with E-state index in [1.807, 2.05) is 28.7 Å². The summed E-state index contributed by atoms with van der Waals surface area (Å²) >= 11 is 6.80. The summed E-state index contributed by atoms with van der Waals surface area (Å²) in [6.07, 6.45) is 1.36. The highest BCUT2D eigenvalue weighted by atomic mass is 32.1. The highest BCUT2D eigenvalue weighted by Gasteiger charge is 2.02. The zero-order valence-electron chi connectivity index (χ0n) is 9.12. The van der Waals surface area contributed by atoms with Crippen molar-refractivity contribution in [3.63, 3.8) is 0 Å². The maximum absolute atomic E-state index is 10.9. The van der Waals surface area contributed by atoms with Crippen LogP contribution in [0.3, 0.4) is 0 Å². The molecule has 0 unspecified atom stereocenters. The van der Waals surface area contributed by atoms with Crippen LogP contribution in [0.4, 0.5) is 0 Å². The highest BCUT2D eigenvalue weighted by Crippen LogP contribution is 2.21. The van der Waals surface area contributed by atoms with E-state index >= 15 is 0 Å². The van der Waals surface area contributed by atoms with Crippen molar-refractivity contribution >= 4 is 47.2 Å². The molecule has 6 heteroatoms. The third kappa shape index (κ3) is 2.65. The first kappa shape index (κ1) is 12.1. The van der Waals surface area contributed by atoms with Gasteiger partial charge in [-0.25, -0.2) is 0 Å². The Morgan fingerprint density at radius 2 is 2.29 bits per heavy atom. The van der Waals surface area contributed by atoms with Crippen molar-refractivity contribution in [2.75, 3.05) is 7.11 Å². The Morgan fingerprint density at radius 1 is 1.53 bits per heavy atom. The van der Waals surface area contributed by atoms with E-state index in [1.54, 1.807) is 13.4 Å². The Balaban J connectivity index is 2.30. The molecule has 0 atom stereocenters. The predicted octanol–water partition coefficient (Wildman–Crippen LogP) is 2.59. The number of thiazole rings is 1. The number of rotatable bonds is 3. The van der Waals surface area contributed by atoms with Gasteiger partial charge in [0.15, 0.2) is 7.11 Å². The molecule has 0 amide bonds. The van der Waals surface area contributed by atoms with Crippen LogP contribution in [0.1, 0.15) is 0 Å². The summed E-state index contributed by atoms with van der Waals surface area (Å²) in [4.78, 5) is 10.9. The minimum atomic E-state index is -0.382. The molecule has 0 saturated heterocycles. The first-order valence-corrected chi connectivity index (χ1v) is 6.14. The Labute approximate surface area is 109 Å². The number of aromatic nitrogens is 1. The maximum Gasteiger partial charge on any atom is 0.595 e. The third-order valence-corrected chi connectivity index (χ3v) is 3.57.